The van der Waals surface area contributed by atoms with E-state index in [9.17, 15) is 20.1 Å². The number of methoxy groups -OCH3 is 1. The largest absolute Gasteiger partial charge is 0.508 e. The van der Waals surface area contributed by atoms with E-state index in [-0.39, 0.29) is 46.5 Å². The fourth-order valence-corrected chi connectivity index (χ4v) is 2.54. The zero-order valence-corrected chi connectivity index (χ0v) is 11.7. The summed E-state index contributed by atoms with van der Waals surface area (Å²) in [5.41, 5.74) is 0.355. The fraction of sp³-hybridized carbons (Fsp3) is 0.188. The number of phenols is 3. The Balaban J connectivity index is 2.11. The average Bonchev–Trinajstić information content (AvgIpc) is 2.50. The first kappa shape index (κ1) is 14.1. The van der Waals surface area contributed by atoms with Crippen LogP contribution >= 0.6 is 0 Å². The van der Waals surface area contributed by atoms with Crippen molar-refractivity contribution in [2.45, 2.75) is 12.5 Å². The second-order valence-electron chi connectivity index (χ2n) is 4.94. The Morgan fingerprint density at radius 1 is 1.18 bits per heavy atom. The first-order valence-electron chi connectivity index (χ1n) is 6.63. The molecule has 1 heterocycles. The van der Waals surface area contributed by atoms with E-state index in [1.165, 1.54) is 13.2 Å². The standard InChI is InChI=1S/C16H14O6/c1-21-13-7-11(19)14-10(18)6-12(22-16(14)15(13)20)8-4-2-3-5-9(8)17/h2-5,7,12,17,19-20H,6H2,1H3/t12-/m1/s1. The molecule has 6 nitrogen and oxygen atoms in total. The highest BCUT2D eigenvalue weighted by molar-refractivity contribution is 6.03. The Kier molecular flexibility index (Phi) is 3.29. The van der Waals surface area contributed by atoms with Crippen LogP contribution in [0.5, 0.6) is 28.7 Å². The molecule has 0 unspecified atom stereocenters. The molecule has 6 heteroatoms. The maximum absolute atomic E-state index is 12.3. The van der Waals surface area contributed by atoms with Gasteiger partial charge in [-0.3, -0.25) is 4.79 Å². The maximum atomic E-state index is 12.3. The highest BCUT2D eigenvalue weighted by Gasteiger charge is 2.34. The molecule has 1 aliphatic rings. The van der Waals surface area contributed by atoms with Gasteiger partial charge in [-0.2, -0.15) is 0 Å². The van der Waals surface area contributed by atoms with Crippen molar-refractivity contribution in [2.24, 2.45) is 0 Å². The number of rotatable bonds is 2. The molecule has 3 N–H and O–H groups in total. The van der Waals surface area contributed by atoms with E-state index in [0.29, 0.717) is 5.56 Å². The number of hydrogen-bond donors (Lipinski definition) is 3. The third-order valence-corrected chi connectivity index (χ3v) is 3.61. The minimum atomic E-state index is -0.751. The minimum Gasteiger partial charge on any atom is -0.508 e. The summed E-state index contributed by atoms with van der Waals surface area (Å²) in [4.78, 5) is 12.3. The van der Waals surface area contributed by atoms with Gasteiger partial charge in [-0.25, -0.2) is 0 Å². The molecule has 114 valence electrons. The van der Waals surface area contributed by atoms with Crippen LogP contribution in [0.25, 0.3) is 0 Å². The Labute approximate surface area is 126 Å². The number of Topliss-reactive ketones (excluding diaryl/α,β-unsaturated/α-hetero) is 1. The summed E-state index contributed by atoms with van der Waals surface area (Å²) in [6.07, 6.45) is -0.803. The SMILES string of the molecule is COc1cc(O)c2c(c1O)O[C@@H](c1ccccc1O)CC2=O. The predicted octanol–water partition coefficient (Wildman–Crippen LogP) is 2.52. The molecule has 22 heavy (non-hydrogen) atoms. The molecule has 0 bridgehead atoms. The summed E-state index contributed by atoms with van der Waals surface area (Å²) in [6.45, 7) is 0. The molecule has 0 fully saturated rings. The highest BCUT2D eigenvalue weighted by atomic mass is 16.5. The van der Waals surface area contributed by atoms with Gasteiger partial charge in [0.25, 0.3) is 0 Å². The van der Waals surface area contributed by atoms with E-state index in [1.54, 1.807) is 18.2 Å². The van der Waals surface area contributed by atoms with E-state index >= 15 is 0 Å². The molecule has 0 aliphatic carbocycles. The predicted molar refractivity (Wildman–Crippen MR) is 76.7 cm³/mol. The van der Waals surface area contributed by atoms with E-state index < -0.39 is 6.10 Å². The lowest BCUT2D eigenvalue weighted by molar-refractivity contribution is 0.0833. The van der Waals surface area contributed by atoms with E-state index in [1.807, 2.05) is 0 Å². The Morgan fingerprint density at radius 2 is 1.91 bits per heavy atom. The highest BCUT2D eigenvalue weighted by Crippen LogP contribution is 2.49. The average molecular weight is 302 g/mol. The van der Waals surface area contributed by atoms with Gasteiger partial charge < -0.3 is 24.8 Å². The van der Waals surface area contributed by atoms with Crippen LogP contribution in [-0.4, -0.2) is 28.2 Å². The molecular weight excluding hydrogens is 288 g/mol. The number of ketones is 1. The van der Waals surface area contributed by atoms with Gasteiger partial charge >= 0.3 is 0 Å². The molecule has 1 aliphatic heterocycles. The first-order chi connectivity index (χ1) is 10.5. The maximum Gasteiger partial charge on any atom is 0.201 e. The normalized spacial score (nSPS) is 16.8. The van der Waals surface area contributed by atoms with Gasteiger partial charge in [0.05, 0.1) is 13.5 Å². The molecule has 3 rings (SSSR count). The zero-order chi connectivity index (χ0) is 15.9. The summed E-state index contributed by atoms with van der Waals surface area (Å²) in [5, 5.41) is 30.0. The lowest BCUT2D eigenvalue weighted by atomic mass is 9.94. The Bertz CT molecular complexity index is 753. The van der Waals surface area contributed by atoms with Crippen molar-refractivity contribution in [1.29, 1.82) is 0 Å². The van der Waals surface area contributed by atoms with Crippen molar-refractivity contribution in [3.63, 3.8) is 0 Å². The molecule has 0 amide bonds. The van der Waals surface area contributed by atoms with Crippen LogP contribution < -0.4 is 9.47 Å². The van der Waals surface area contributed by atoms with Crippen LogP contribution in [0.1, 0.15) is 28.4 Å². The summed E-state index contributed by atoms with van der Waals surface area (Å²) >= 11 is 0. The number of fused-ring (bicyclic) bond motifs is 1. The van der Waals surface area contributed by atoms with Crippen molar-refractivity contribution in [2.75, 3.05) is 7.11 Å². The summed E-state index contributed by atoms with van der Waals surface area (Å²) in [5.74, 6) is -1.20. The van der Waals surface area contributed by atoms with Gasteiger partial charge in [-0.1, -0.05) is 18.2 Å². The van der Waals surface area contributed by atoms with Crippen molar-refractivity contribution >= 4 is 5.78 Å². The minimum absolute atomic E-state index is 0.00184. The number of hydrogen-bond acceptors (Lipinski definition) is 6. The number of ether oxygens (including phenoxy) is 2. The molecule has 1 atom stereocenters. The third kappa shape index (κ3) is 2.09. The van der Waals surface area contributed by atoms with Crippen LogP contribution in [0.2, 0.25) is 0 Å². The van der Waals surface area contributed by atoms with Gasteiger partial charge in [0, 0.05) is 11.6 Å². The quantitative estimate of drug-likeness (QED) is 0.738. The van der Waals surface area contributed by atoms with Gasteiger partial charge in [0.15, 0.2) is 17.3 Å². The Hall–Kier alpha value is -2.89. The number of phenolic OH excluding ortho intramolecular Hbond substituents is 3. The summed E-state index contributed by atoms with van der Waals surface area (Å²) in [7, 11) is 1.33. The van der Waals surface area contributed by atoms with Crippen molar-refractivity contribution in [3.05, 3.63) is 41.5 Å². The number of carbonyl (C=O) groups excluding carboxylic acids is 1. The lowest BCUT2D eigenvalue weighted by Gasteiger charge is -2.27. The van der Waals surface area contributed by atoms with Crippen molar-refractivity contribution < 1.29 is 29.6 Å². The van der Waals surface area contributed by atoms with Crippen LogP contribution in [0.15, 0.2) is 30.3 Å². The van der Waals surface area contributed by atoms with Crippen molar-refractivity contribution in [3.8, 4) is 28.7 Å². The molecule has 0 saturated carbocycles. The van der Waals surface area contributed by atoms with Gasteiger partial charge in [0.1, 0.15) is 23.2 Å². The lowest BCUT2D eigenvalue weighted by Crippen LogP contribution is -2.20. The van der Waals surface area contributed by atoms with Crippen LogP contribution in [0.4, 0.5) is 0 Å². The van der Waals surface area contributed by atoms with Crippen LogP contribution in [0, 0.1) is 0 Å². The number of carbonyl (C=O) groups is 1. The fourth-order valence-electron chi connectivity index (χ4n) is 2.54. The van der Waals surface area contributed by atoms with E-state index in [4.69, 9.17) is 9.47 Å². The van der Waals surface area contributed by atoms with Gasteiger partial charge in [-0.05, 0) is 6.07 Å². The second kappa shape index (κ2) is 5.14. The summed E-state index contributed by atoms with van der Waals surface area (Å²) < 4.78 is 10.6. The van der Waals surface area contributed by atoms with Gasteiger partial charge in [-0.15, -0.1) is 0 Å². The monoisotopic (exact) mass is 302 g/mol. The van der Waals surface area contributed by atoms with Crippen LogP contribution in [0.3, 0.4) is 0 Å². The number of benzene rings is 2. The molecule has 2 aromatic rings. The molecule has 0 saturated heterocycles. The first-order valence-corrected chi connectivity index (χ1v) is 6.63. The molecule has 2 aromatic carbocycles. The third-order valence-electron chi connectivity index (χ3n) is 3.61. The zero-order valence-electron chi connectivity index (χ0n) is 11.7. The van der Waals surface area contributed by atoms with E-state index in [2.05, 4.69) is 0 Å². The topological polar surface area (TPSA) is 96.2 Å². The second-order valence-corrected chi connectivity index (χ2v) is 4.94. The van der Waals surface area contributed by atoms with Crippen molar-refractivity contribution in [1.82, 2.24) is 0 Å². The molecular formula is C16H14O6. The smallest absolute Gasteiger partial charge is 0.201 e. The number of para-hydroxylation sites is 1. The Morgan fingerprint density at radius 3 is 2.59 bits per heavy atom. The number of aromatic hydroxyl groups is 3. The van der Waals surface area contributed by atoms with Gasteiger partial charge in [0.2, 0.25) is 5.75 Å². The summed E-state index contributed by atoms with van der Waals surface area (Å²) in [6, 6.07) is 7.65. The van der Waals surface area contributed by atoms with Crippen LogP contribution in [-0.2, 0) is 0 Å². The molecule has 0 aromatic heterocycles. The van der Waals surface area contributed by atoms with E-state index in [0.717, 1.165) is 6.07 Å². The molecule has 0 radical (unpaired) electrons. The molecule has 0 spiro atoms.